The van der Waals surface area contributed by atoms with Gasteiger partial charge in [0.05, 0.1) is 13.7 Å². The molecule has 2 saturated heterocycles. The lowest BCUT2D eigenvalue weighted by molar-refractivity contribution is -0.156. The van der Waals surface area contributed by atoms with E-state index < -0.39 is 29.1 Å². The summed E-state index contributed by atoms with van der Waals surface area (Å²) in [7, 11) is 1.68. The van der Waals surface area contributed by atoms with E-state index in [1.807, 2.05) is 62.4 Å². The normalized spacial score (nSPS) is 20.8. The molecule has 0 aliphatic carbocycles. The van der Waals surface area contributed by atoms with Crippen molar-refractivity contribution in [1.29, 1.82) is 0 Å². The zero-order chi connectivity index (χ0) is 31.6. The van der Waals surface area contributed by atoms with E-state index in [9.17, 15) is 0 Å². The van der Waals surface area contributed by atoms with Gasteiger partial charge in [-0.1, -0.05) is 133 Å². The lowest BCUT2D eigenvalue weighted by atomic mass is 9.69. The number of nitrogens with zero attached hydrogens (tertiary/aromatic N) is 1. The van der Waals surface area contributed by atoms with Crippen LogP contribution in [-0.2, 0) is 27.1 Å². The molecule has 5 aromatic carbocycles. The van der Waals surface area contributed by atoms with Crippen molar-refractivity contribution in [3.05, 3.63) is 173 Å². The Balaban J connectivity index is 1.52. The van der Waals surface area contributed by atoms with Crippen molar-refractivity contribution in [2.45, 2.75) is 49.5 Å². The average molecular weight is 610 g/mol. The van der Waals surface area contributed by atoms with Gasteiger partial charge in [-0.2, -0.15) is 0 Å². The summed E-state index contributed by atoms with van der Waals surface area (Å²) in [5.41, 5.74) is 3.50. The maximum atomic E-state index is 7.10. The molecule has 6 nitrogen and oxygen atoms in total. The Bertz CT molecular complexity index is 1590. The molecule has 2 aliphatic heterocycles. The van der Waals surface area contributed by atoms with Crippen LogP contribution in [0.2, 0.25) is 0 Å². The van der Waals surface area contributed by atoms with Crippen LogP contribution < -0.4 is 15.4 Å². The highest BCUT2D eigenvalue weighted by Gasteiger charge is 2.64. The first kappa shape index (κ1) is 29.8. The smallest absolute Gasteiger partial charge is 0.193 e. The van der Waals surface area contributed by atoms with Crippen LogP contribution in [0.5, 0.6) is 5.75 Å². The second-order valence-electron chi connectivity index (χ2n) is 12.3. The van der Waals surface area contributed by atoms with E-state index in [0.717, 1.165) is 33.6 Å². The van der Waals surface area contributed by atoms with Crippen molar-refractivity contribution in [3.8, 4) is 5.75 Å². The Morgan fingerprint density at radius 1 is 0.565 bits per heavy atom. The molecule has 0 radical (unpaired) electrons. The van der Waals surface area contributed by atoms with Crippen LogP contribution in [0.15, 0.2) is 151 Å². The molecule has 2 fully saturated rings. The number of hydrogen-bond acceptors (Lipinski definition) is 4. The molecule has 7 rings (SSSR count). The number of nitrogens with one attached hydrogen (secondary N) is 2. The summed E-state index contributed by atoms with van der Waals surface area (Å²) in [5.74, 6) is 0.571. The molecule has 0 saturated carbocycles. The molecule has 2 heterocycles. The van der Waals surface area contributed by atoms with Crippen LogP contribution in [0, 0.1) is 0 Å². The summed E-state index contributed by atoms with van der Waals surface area (Å²) >= 11 is 0. The van der Waals surface area contributed by atoms with Crippen LogP contribution in [0.4, 0.5) is 0 Å². The molecule has 0 aromatic heterocycles. The fourth-order valence-corrected chi connectivity index (χ4v) is 7.00. The number of fused-ring (bicyclic) bond motifs is 1. The second-order valence-corrected chi connectivity index (χ2v) is 12.3. The SMILES string of the molecule is COc1ccc(CN=C2NC(c3ccccc3)(c3ccccc3)[C@@H]3OC(C)(C)O[C@H]3C(c3ccccc3)(c3ccccc3)N2)cc1. The van der Waals surface area contributed by atoms with E-state index in [-0.39, 0.29) is 0 Å². The van der Waals surface area contributed by atoms with Crippen LogP contribution >= 0.6 is 0 Å². The van der Waals surface area contributed by atoms with Crippen molar-refractivity contribution < 1.29 is 14.2 Å². The number of rotatable bonds is 7. The fourth-order valence-electron chi connectivity index (χ4n) is 7.00. The molecule has 232 valence electrons. The lowest BCUT2D eigenvalue weighted by Gasteiger charge is -2.43. The third-order valence-electron chi connectivity index (χ3n) is 9.08. The van der Waals surface area contributed by atoms with Gasteiger partial charge in [-0.3, -0.25) is 0 Å². The van der Waals surface area contributed by atoms with Gasteiger partial charge < -0.3 is 24.8 Å². The van der Waals surface area contributed by atoms with Crippen molar-refractivity contribution in [2.24, 2.45) is 4.99 Å². The van der Waals surface area contributed by atoms with Crippen LogP contribution in [0.3, 0.4) is 0 Å². The van der Waals surface area contributed by atoms with E-state index in [0.29, 0.717) is 12.5 Å². The number of hydrogen-bond donors (Lipinski definition) is 2. The van der Waals surface area contributed by atoms with Crippen LogP contribution in [0.1, 0.15) is 41.7 Å². The third-order valence-corrected chi connectivity index (χ3v) is 9.08. The predicted molar refractivity (Wildman–Crippen MR) is 182 cm³/mol. The molecule has 0 bridgehead atoms. The van der Waals surface area contributed by atoms with Crippen molar-refractivity contribution in [3.63, 3.8) is 0 Å². The number of guanidine groups is 1. The minimum Gasteiger partial charge on any atom is -0.497 e. The topological polar surface area (TPSA) is 64.1 Å². The Kier molecular flexibility index (Phi) is 7.85. The molecular formula is C40H39N3O3. The van der Waals surface area contributed by atoms with Gasteiger partial charge >= 0.3 is 0 Å². The van der Waals surface area contributed by atoms with Gasteiger partial charge in [0.1, 0.15) is 29.0 Å². The van der Waals surface area contributed by atoms with Gasteiger partial charge in [0.25, 0.3) is 0 Å². The summed E-state index contributed by atoms with van der Waals surface area (Å²) in [6.07, 6.45) is -0.984. The zero-order valence-electron chi connectivity index (χ0n) is 26.4. The standard InChI is InChI=1S/C40H39N3O3/c1-38(2)45-35-36(46-38)40(32-20-12-6-13-21-32,33-22-14-7-15-23-33)43-37(41-28-29-24-26-34(44-3)27-25-29)42-39(35,30-16-8-4-9-17-30)31-18-10-5-11-19-31/h4-27,35-36H,28H2,1-3H3,(H2,41,42,43)/t35-,36-/m1/s1. The van der Waals surface area contributed by atoms with E-state index in [1.54, 1.807) is 7.11 Å². The van der Waals surface area contributed by atoms with Gasteiger partial charge in [-0.15, -0.1) is 0 Å². The zero-order valence-corrected chi connectivity index (χ0v) is 26.4. The second kappa shape index (κ2) is 12.1. The molecule has 5 aromatic rings. The predicted octanol–water partition coefficient (Wildman–Crippen LogP) is 7.15. The first-order valence-electron chi connectivity index (χ1n) is 15.8. The molecular weight excluding hydrogens is 570 g/mol. The Labute approximate surface area is 271 Å². The van der Waals surface area contributed by atoms with E-state index in [2.05, 4.69) is 108 Å². The first-order chi connectivity index (χ1) is 22.4. The summed E-state index contributed by atoms with van der Waals surface area (Å²) in [6.45, 7) is 4.45. The largest absolute Gasteiger partial charge is 0.497 e. The molecule has 6 heteroatoms. The van der Waals surface area contributed by atoms with Crippen molar-refractivity contribution in [2.75, 3.05) is 7.11 Å². The highest BCUT2D eigenvalue weighted by Crippen LogP contribution is 2.51. The maximum absolute atomic E-state index is 7.10. The molecule has 2 atom stereocenters. The van der Waals surface area contributed by atoms with E-state index in [1.165, 1.54) is 0 Å². The molecule has 2 aliphatic rings. The number of aliphatic imine (C=N–C) groups is 1. The molecule has 2 N–H and O–H groups in total. The monoisotopic (exact) mass is 609 g/mol. The summed E-state index contributed by atoms with van der Waals surface area (Å²) in [6, 6.07) is 50.1. The third kappa shape index (κ3) is 5.23. The van der Waals surface area contributed by atoms with Crippen LogP contribution in [-0.4, -0.2) is 31.1 Å². The number of methoxy groups -OCH3 is 1. The Morgan fingerprint density at radius 3 is 1.28 bits per heavy atom. The van der Waals surface area contributed by atoms with Gasteiger partial charge in [-0.05, 0) is 53.8 Å². The summed E-state index contributed by atoms with van der Waals surface area (Å²) in [5, 5.41) is 7.94. The maximum Gasteiger partial charge on any atom is 0.193 e. The molecule has 46 heavy (non-hydrogen) atoms. The highest BCUT2D eigenvalue weighted by atomic mass is 16.8. The fraction of sp³-hybridized carbons (Fsp3) is 0.225. The molecule has 0 amide bonds. The summed E-state index contributed by atoms with van der Waals surface area (Å²) in [4.78, 5) is 5.27. The highest BCUT2D eigenvalue weighted by molar-refractivity contribution is 5.84. The Morgan fingerprint density at radius 2 is 0.935 bits per heavy atom. The average Bonchev–Trinajstić information content (AvgIpc) is 3.39. The van der Waals surface area contributed by atoms with Crippen LogP contribution in [0.25, 0.3) is 0 Å². The lowest BCUT2D eigenvalue weighted by Crippen LogP contribution is -2.58. The van der Waals surface area contributed by atoms with Gasteiger partial charge in [-0.25, -0.2) is 4.99 Å². The van der Waals surface area contributed by atoms with Crippen molar-refractivity contribution in [1.82, 2.24) is 10.6 Å². The van der Waals surface area contributed by atoms with E-state index in [4.69, 9.17) is 19.2 Å². The van der Waals surface area contributed by atoms with Crippen molar-refractivity contribution >= 4 is 5.96 Å². The van der Waals surface area contributed by atoms with Gasteiger partial charge in [0, 0.05) is 0 Å². The Hall–Kier alpha value is -4.91. The molecule has 0 spiro atoms. The molecule has 0 unspecified atom stereocenters. The minimum absolute atomic E-state index is 0.446. The summed E-state index contributed by atoms with van der Waals surface area (Å²) < 4.78 is 19.6. The quantitative estimate of drug-likeness (QED) is 0.205. The first-order valence-corrected chi connectivity index (χ1v) is 15.8. The van der Waals surface area contributed by atoms with Gasteiger partial charge in [0.15, 0.2) is 11.7 Å². The van der Waals surface area contributed by atoms with E-state index >= 15 is 0 Å². The van der Waals surface area contributed by atoms with Gasteiger partial charge in [0.2, 0.25) is 0 Å². The minimum atomic E-state index is -0.877. The number of ether oxygens (including phenoxy) is 3. The number of benzene rings is 5.